The zero-order valence-corrected chi connectivity index (χ0v) is 12.3. The fraction of sp³-hybridized carbons (Fsp3) is 0.929. The lowest BCUT2D eigenvalue weighted by molar-refractivity contribution is -0.120. The van der Waals surface area contributed by atoms with Gasteiger partial charge in [0.2, 0.25) is 5.91 Å². The number of hydrogen-bond donors (Lipinski definition) is 2. The van der Waals surface area contributed by atoms with Crippen LogP contribution in [0.3, 0.4) is 0 Å². The van der Waals surface area contributed by atoms with Gasteiger partial charge in [0.1, 0.15) is 0 Å². The summed E-state index contributed by atoms with van der Waals surface area (Å²) in [5.74, 6) is 0.773. The maximum absolute atomic E-state index is 11.6. The molecule has 18 heavy (non-hydrogen) atoms. The van der Waals surface area contributed by atoms with E-state index in [1.54, 1.807) is 0 Å². The van der Waals surface area contributed by atoms with E-state index in [0.717, 1.165) is 32.4 Å². The van der Waals surface area contributed by atoms with Gasteiger partial charge in [-0.2, -0.15) is 0 Å². The Morgan fingerprint density at radius 1 is 1.44 bits per heavy atom. The van der Waals surface area contributed by atoms with E-state index in [1.807, 2.05) is 0 Å². The van der Waals surface area contributed by atoms with Crippen LogP contribution in [0.2, 0.25) is 0 Å². The Hall–Kier alpha value is -0.610. The number of likely N-dealkylation sites (tertiary alicyclic amines) is 1. The van der Waals surface area contributed by atoms with Crippen molar-refractivity contribution in [1.82, 2.24) is 15.5 Å². The summed E-state index contributed by atoms with van der Waals surface area (Å²) in [7, 11) is 2.17. The first-order valence-corrected chi connectivity index (χ1v) is 7.19. The smallest absolute Gasteiger partial charge is 0.233 e. The highest BCUT2D eigenvalue weighted by atomic mass is 16.1. The van der Waals surface area contributed by atoms with Crippen molar-refractivity contribution in [3.63, 3.8) is 0 Å². The van der Waals surface area contributed by atoms with Gasteiger partial charge in [-0.25, -0.2) is 0 Å². The van der Waals surface area contributed by atoms with Gasteiger partial charge in [-0.3, -0.25) is 4.79 Å². The van der Waals surface area contributed by atoms with Crippen LogP contribution < -0.4 is 10.6 Å². The van der Waals surface area contributed by atoms with Gasteiger partial charge in [0.05, 0.1) is 6.54 Å². The zero-order valence-electron chi connectivity index (χ0n) is 12.3. The van der Waals surface area contributed by atoms with Gasteiger partial charge in [-0.1, -0.05) is 13.8 Å². The van der Waals surface area contributed by atoms with Crippen LogP contribution in [0.1, 0.15) is 40.0 Å². The van der Waals surface area contributed by atoms with Gasteiger partial charge in [-0.15, -0.1) is 0 Å². The molecule has 106 valence electrons. The van der Waals surface area contributed by atoms with E-state index in [0.29, 0.717) is 24.5 Å². The summed E-state index contributed by atoms with van der Waals surface area (Å²) in [4.78, 5) is 14.0. The van der Waals surface area contributed by atoms with Crippen molar-refractivity contribution < 1.29 is 4.79 Å². The Morgan fingerprint density at radius 3 is 2.78 bits per heavy atom. The Kier molecular flexibility index (Phi) is 6.65. The van der Waals surface area contributed by atoms with Gasteiger partial charge in [0.15, 0.2) is 0 Å². The molecule has 1 aliphatic heterocycles. The molecule has 4 nitrogen and oxygen atoms in total. The zero-order chi connectivity index (χ0) is 13.5. The van der Waals surface area contributed by atoms with E-state index in [1.165, 1.54) is 0 Å². The molecule has 0 spiro atoms. The summed E-state index contributed by atoms with van der Waals surface area (Å²) in [6, 6.07) is 1.10. The third-order valence-electron chi connectivity index (χ3n) is 3.80. The molecule has 0 aromatic carbocycles. The molecule has 2 unspecified atom stereocenters. The average Bonchev–Trinajstić information content (AvgIpc) is 2.30. The Morgan fingerprint density at radius 2 is 2.17 bits per heavy atom. The van der Waals surface area contributed by atoms with Gasteiger partial charge < -0.3 is 15.5 Å². The molecule has 2 N–H and O–H groups in total. The number of carbonyl (C=O) groups is 1. The Bertz CT molecular complexity index is 255. The third-order valence-corrected chi connectivity index (χ3v) is 3.80. The normalized spacial score (nSPS) is 25.4. The minimum atomic E-state index is 0.127. The van der Waals surface area contributed by atoms with E-state index >= 15 is 0 Å². The first kappa shape index (κ1) is 15.4. The van der Waals surface area contributed by atoms with Crippen LogP contribution in [0.15, 0.2) is 0 Å². The fourth-order valence-electron chi connectivity index (χ4n) is 2.27. The molecule has 1 aliphatic rings. The van der Waals surface area contributed by atoms with Crippen LogP contribution in [0, 0.1) is 5.92 Å². The van der Waals surface area contributed by atoms with Crippen LogP contribution in [-0.2, 0) is 4.79 Å². The van der Waals surface area contributed by atoms with Crippen LogP contribution >= 0.6 is 0 Å². The second-order valence-electron chi connectivity index (χ2n) is 5.96. The molecular formula is C14H29N3O. The molecule has 1 heterocycles. The molecule has 0 aromatic heterocycles. The summed E-state index contributed by atoms with van der Waals surface area (Å²) < 4.78 is 0. The molecule has 1 saturated heterocycles. The van der Waals surface area contributed by atoms with E-state index in [-0.39, 0.29) is 5.91 Å². The van der Waals surface area contributed by atoms with E-state index in [2.05, 4.69) is 43.4 Å². The lowest BCUT2D eigenvalue weighted by Gasteiger charge is -2.35. The molecule has 0 bridgehead atoms. The van der Waals surface area contributed by atoms with Gasteiger partial charge in [0.25, 0.3) is 0 Å². The minimum Gasteiger partial charge on any atom is -0.355 e. The number of nitrogens with one attached hydrogen (secondary N) is 2. The fourth-order valence-corrected chi connectivity index (χ4v) is 2.27. The van der Waals surface area contributed by atoms with Crippen LogP contribution in [-0.4, -0.2) is 49.6 Å². The molecule has 0 aromatic rings. The van der Waals surface area contributed by atoms with Crippen molar-refractivity contribution in [2.45, 2.75) is 52.1 Å². The molecule has 1 amide bonds. The molecule has 0 aliphatic carbocycles. The summed E-state index contributed by atoms with van der Waals surface area (Å²) in [5.41, 5.74) is 0. The number of amides is 1. The van der Waals surface area contributed by atoms with Gasteiger partial charge in [-0.05, 0) is 45.7 Å². The van der Waals surface area contributed by atoms with Gasteiger partial charge >= 0.3 is 0 Å². The standard InChI is InChI=1S/C14H29N3O/c1-11(2)5-7-15-14(18)10-16-13-6-8-17(4)12(3)9-13/h11-13,16H,5-10H2,1-4H3,(H,15,18). The highest BCUT2D eigenvalue weighted by molar-refractivity contribution is 5.77. The van der Waals surface area contributed by atoms with Crippen molar-refractivity contribution >= 4 is 5.91 Å². The van der Waals surface area contributed by atoms with Crippen molar-refractivity contribution in [3.8, 4) is 0 Å². The predicted molar refractivity (Wildman–Crippen MR) is 75.6 cm³/mol. The SMILES string of the molecule is CC(C)CCNC(=O)CNC1CCN(C)C(C)C1. The highest BCUT2D eigenvalue weighted by Gasteiger charge is 2.22. The predicted octanol–water partition coefficient (Wildman–Crippen LogP) is 1.22. The molecule has 2 atom stereocenters. The summed E-state index contributed by atoms with van der Waals surface area (Å²) in [6.45, 7) is 8.96. The van der Waals surface area contributed by atoms with Crippen LogP contribution in [0.5, 0.6) is 0 Å². The summed E-state index contributed by atoms with van der Waals surface area (Å²) >= 11 is 0. The highest BCUT2D eigenvalue weighted by Crippen LogP contribution is 2.14. The number of piperidine rings is 1. The average molecular weight is 255 g/mol. The maximum Gasteiger partial charge on any atom is 0.233 e. The summed E-state index contributed by atoms with van der Waals surface area (Å²) in [6.07, 6.45) is 3.33. The van der Waals surface area contributed by atoms with E-state index in [4.69, 9.17) is 0 Å². The van der Waals surface area contributed by atoms with E-state index < -0.39 is 0 Å². The Balaban J connectivity index is 2.11. The van der Waals surface area contributed by atoms with Crippen molar-refractivity contribution in [2.24, 2.45) is 5.92 Å². The second-order valence-corrected chi connectivity index (χ2v) is 5.96. The topological polar surface area (TPSA) is 44.4 Å². The second kappa shape index (κ2) is 7.74. The first-order chi connectivity index (χ1) is 8.49. The number of nitrogens with zero attached hydrogens (tertiary/aromatic N) is 1. The molecule has 4 heteroatoms. The molecule has 1 rings (SSSR count). The summed E-state index contributed by atoms with van der Waals surface area (Å²) in [5, 5.41) is 6.33. The molecule has 1 fully saturated rings. The lowest BCUT2D eigenvalue weighted by atomic mass is 9.99. The quantitative estimate of drug-likeness (QED) is 0.750. The Labute approximate surface area is 111 Å². The van der Waals surface area contributed by atoms with Crippen molar-refractivity contribution in [2.75, 3.05) is 26.7 Å². The van der Waals surface area contributed by atoms with Gasteiger partial charge in [0, 0.05) is 18.6 Å². The van der Waals surface area contributed by atoms with Crippen LogP contribution in [0.25, 0.3) is 0 Å². The van der Waals surface area contributed by atoms with Crippen LogP contribution in [0.4, 0.5) is 0 Å². The maximum atomic E-state index is 11.6. The number of carbonyl (C=O) groups excluding carboxylic acids is 1. The first-order valence-electron chi connectivity index (χ1n) is 7.19. The molecule has 0 saturated carbocycles. The minimum absolute atomic E-state index is 0.127. The largest absolute Gasteiger partial charge is 0.355 e. The molecule has 0 radical (unpaired) electrons. The monoisotopic (exact) mass is 255 g/mol. The number of hydrogen-bond acceptors (Lipinski definition) is 3. The van der Waals surface area contributed by atoms with Crippen molar-refractivity contribution in [1.29, 1.82) is 0 Å². The number of rotatable bonds is 6. The third kappa shape index (κ3) is 5.83. The lowest BCUT2D eigenvalue weighted by Crippen LogP contribution is -2.48. The molecular weight excluding hydrogens is 226 g/mol. The van der Waals surface area contributed by atoms with Crippen molar-refractivity contribution in [3.05, 3.63) is 0 Å². The van der Waals surface area contributed by atoms with E-state index in [9.17, 15) is 4.79 Å².